The lowest BCUT2D eigenvalue weighted by atomic mass is 10.1. The standard InChI is InChI=1S/C15H16N2O5/c18-12(8-22-13-3-1-2-6-21-13)9-4-5-10-11(7-9)16-15(20)17-14(10)19/h4-5,7,13H,1-3,6,8H2,(H2,16,17,19,20). The van der Waals surface area contributed by atoms with Gasteiger partial charge in [0.25, 0.3) is 5.56 Å². The fourth-order valence-electron chi connectivity index (χ4n) is 2.44. The molecule has 1 atom stereocenters. The van der Waals surface area contributed by atoms with Crippen LogP contribution in [0, 0.1) is 0 Å². The van der Waals surface area contributed by atoms with Crippen LogP contribution in [-0.2, 0) is 9.47 Å². The monoisotopic (exact) mass is 304 g/mol. The molecule has 3 rings (SSSR count). The van der Waals surface area contributed by atoms with Crippen LogP contribution in [0.5, 0.6) is 0 Å². The molecule has 116 valence electrons. The number of benzene rings is 1. The fourth-order valence-corrected chi connectivity index (χ4v) is 2.44. The van der Waals surface area contributed by atoms with Crippen LogP contribution in [0.1, 0.15) is 29.6 Å². The van der Waals surface area contributed by atoms with Crippen LogP contribution in [0.2, 0.25) is 0 Å². The van der Waals surface area contributed by atoms with E-state index in [-0.39, 0.29) is 18.7 Å². The summed E-state index contributed by atoms with van der Waals surface area (Å²) in [5, 5.41) is 0.327. The van der Waals surface area contributed by atoms with Crippen molar-refractivity contribution in [3.63, 3.8) is 0 Å². The van der Waals surface area contributed by atoms with E-state index in [2.05, 4.69) is 9.97 Å². The fraction of sp³-hybridized carbons (Fsp3) is 0.400. The smallest absolute Gasteiger partial charge is 0.326 e. The first-order valence-electron chi connectivity index (χ1n) is 7.16. The lowest BCUT2D eigenvalue weighted by molar-refractivity contribution is -0.155. The highest BCUT2D eigenvalue weighted by atomic mass is 16.7. The predicted octanol–water partition coefficient (Wildman–Crippen LogP) is 0.942. The molecule has 22 heavy (non-hydrogen) atoms. The Morgan fingerprint density at radius 3 is 2.91 bits per heavy atom. The average molecular weight is 304 g/mol. The maximum absolute atomic E-state index is 12.1. The van der Waals surface area contributed by atoms with E-state index in [0.29, 0.717) is 23.1 Å². The molecule has 0 radical (unpaired) electrons. The maximum atomic E-state index is 12.1. The number of hydrogen-bond acceptors (Lipinski definition) is 5. The molecule has 1 aliphatic heterocycles. The van der Waals surface area contributed by atoms with Crippen molar-refractivity contribution >= 4 is 16.7 Å². The lowest BCUT2D eigenvalue weighted by Gasteiger charge is -2.22. The highest BCUT2D eigenvalue weighted by Gasteiger charge is 2.16. The van der Waals surface area contributed by atoms with E-state index in [1.165, 1.54) is 12.1 Å². The summed E-state index contributed by atoms with van der Waals surface area (Å²) in [4.78, 5) is 39.7. The Hall–Kier alpha value is -2.25. The van der Waals surface area contributed by atoms with Gasteiger partial charge in [-0.05, 0) is 31.4 Å². The zero-order chi connectivity index (χ0) is 15.5. The number of fused-ring (bicyclic) bond motifs is 1. The summed E-state index contributed by atoms with van der Waals surface area (Å²) in [7, 11) is 0. The first-order chi connectivity index (χ1) is 10.6. The topological polar surface area (TPSA) is 101 Å². The van der Waals surface area contributed by atoms with Gasteiger partial charge >= 0.3 is 5.69 Å². The number of ether oxygens (including phenoxy) is 2. The average Bonchev–Trinajstić information content (AvgIpc) is 2.53. The molecule has 1 saturated heterocycles. The van der Waals surface area contributed by atoms with Gasteiger partial charge in [0.2, 0.25) is 0 Å². The normalized spacial score (nSPS) is 18.5. The molecule has 1 aliphatic rings. The van der Waals surface area contributed by atoms with Crippen molar-refractivity contribution in [1.82, 2.24) is 9.97 Å². The number of Topliss-reactive ketones (excluding diaryl/α,β-unsaturated/α-hetero) is 1. The summed E-state index contributed by atoms with van der Waals surface area (Å²) in [6, 6.07) is 4.54. The number of aromatic amines is 2. The number of nitrogens with one attached hydrogen (secondary N) is 2. The highest BCUT2D eigenvalue weighted by Crippen LogP contribution is 2.15. The molecule has 1 aromatic heterocycles. The molecule has 1 unspecified atom stereocenters. The molecule has 0 aliphatic carbocycles. The molecule has 1 fully saturated rings. The molecule has 2 aromatic rings. The summed E-state index contributed by atoms with van der Waals surface area (Å²) in [6.45, 7) is 0.558. The quantitative estimate of drug-likeness (QED) is 0.819. The van der Waals surface area contributed by atoms with E-state index in [0.717, 1.165) is 19.3 Å². The second-order valence-electron chi connectivity index (χ2n) is 5.20. The SMILES string of the molecule is O=C(COC1CCCCO1)c1ccc2c(=O)[nH]c(=O)[nH]c2c1. The lowest BCUT2D eigenvalue weighted by Crippen LogP contribution is -2.25. The summed E-state index contributed by atoms with van der Waals surface area (Å²) >= 11 is 0. The third kappa shape index (κ3) is 3.15. The number of aromatic nitrogens is 2. The van der Waals surface area contributed by atoms with Gasteiger partial charge in [-0.1, -0.05) is 6.07 Å². The van der Waals surface area contributed by atoms with Gasteiger partial charge in [-0.2, -0.15) is 0 Å². The third-order valence-corrected chi connectivity index (χ3v) is 3.60. The third-order valence-electron chi connectivity index (χ3n) is 3.60. The highest BCUT2D eigenvalue weighted by molar-refractivity contribution is 5.99. The number of carbonyl (C=O) groups excluding carboxylic acids is 1. The Morgan fingerprint density at radius 2 is 2.14 bits per heavy atom. The number of rotatable bonds is 4. The summed E-state index contributed by atoms with van der Waals surface area (Å²) in [5.41, 5.74) is -0.378. The molecule has 0 bridgehead atoms. The van der Waals surface area contributed by atoms with Crippen LogP contribution in [0.4, 0.5) is 0 Å². The van der Waals surface area contributed by atoms with Crippen LogP contribution in [-0.4, -0.2) is 35.3 Å². The summed E-state index contributed by atoms with van der Waals surface area (Å²) in [5.74, 6) is -0.225. The van der Waals surface area contributed by atoms with Crippen LogP contribution in [0.15, 0.2) is 27.8 Å². The van der Waals surface area contributed by atoms with Gasteiger partial charge in [-0.15, -0.1) is 0 Å². The van der Waals surface area contributed by atoms with Crippen molar-refractivity contribution in [2.75, 3.05) is 13.2 Å². The number of carbonyl (C=O) groups is 1. The molecule has 2 N–H and O–H groups in total. The largest absolute Gasteiger partial charge is 0.353 e. The van der Waals surface area contributed by atoms with Crippen molar-refractivity contribution in [3.8, 4) is 0 Å². The second-order valence-corrected chi connectivity index (χ2v) is 5.20. The Balaban J connectivity index is 1.76. The molecular weight excluding hydrogens is 288 g/mol. The number of hydrogen-bond donors (Lipinski definition) is 2. The number of ketones is 1. The first kappa shape index (κ1) is 14.7. The van der Waals surface area contributed by atoms with E-state index in [1.54, 1.807) is 6.07 Å². The van der Waals surface area contributed by atoms with Crippen LogP contribution >= 0.6 is 0 Å². The summed E-state index contributed by atoms with van der Waals surface area (Å²) < 4.78 is 10.8. The van der Waals surface area contributed by atoms with Crippen LogP contribution in [0.3, 0.4) is 0 Å². The van der Waals surface area contributed by atoms with Gasteiger partial charge in [-0.25, -0.2) is 4.79 Å². The van der Waals surface area contributed by atoms with Gasteiger partial charge in [0.05, 0.1) is 10.9 Å². The van der Waals surface area contributed by atoms with Crippen LogP contribution in [0.25, 0.3) is 10.9 Å². The molecule has 0 spiro atoms. The Bertz CT molecular complexity index is 801. The minimum Gasteiger partial charge on any atom is -0.353 e. The van der Waals surface area contributed by atoms with Gasteiger partial charge in [0.15, 0.2) is 12.1 Å². The second kappa shape index (κ2) is 6.25. The van der Waals surface area contributed by atoms with E-state index in [1.807, 2.05) is 0 Å². The predicted molar refractivity (Wildman–Crippen MR) is 79.1 cm³/mol. The molecular formula is C15H16N2O5. The first-order valence-corrected chi connectivity index (χ1v) is 7.16. The Labute approximate surface area is 125 Å². The minimum atomic E-state index is -0.603. The molecule has 0 saturated carbocycles. The van der Waals surface area contributed by atoms with Crippen molar-refractivity contribution in [2.24, 2.45) is 0 Å². The van der Waals surface area contributed by atoms with Crippen molar-refractivity contribution in [2.45, 2.75) is 25.6 Å². The Morgan fingerprint density at radius 1 is 1.27 bits per heavy atom. The van der Waals surface area contributed by atoms with E-state index < -0.39 is 11.2 Å². The molecule has 0 amide bonds. The molecule has 1 aromatic carbocycles. The molecule has 2 heterocycles. The van der Waals surface area contributed by atoms with Crippen molar-refractivity contribution in [1.29, 1.82) is 0 Å². The zero-order valence-corrected chi connectivity index (χ0v) is 11.9. The number of H-pyrrole nitrogens is 2. The van der Waals surface area contributed by atoms with Gasteiger partial charge < -0.3 is 14.5 Å². The maximum Gasteiger partial charge on any atom is 0.326 e. The van der Waals surface area contributed by atoms with E-state index >= 15 is 0 Å². The summed E-state index contributed by atoms with van der Waals surface area (Å²) in [6.07, 6.45) is 2.49. The Kier molecular flexibility index (Phi) is 4.17. The minimum absolute atomic E-state index is 0.0937. The van der Waals surface area contributed by atoms with Crippen molar-refractivity contribution in [3.05, 3.63) is 44.6 Å². The van der Waals surface area contributed by atoms with Gasteiger partial charge in [0, 0.05) is 12.2 Å². The molecule has 7 heteroatoms. The van der Waals surface area contributed by atoms with Crippen molar-refractivity contribution < 1.29 is 14.3 Å². The van der Waals surface area contributed by atoms with Gasteiger partial charge in [0.1, 0.15) is 6.61 Å². The van der Waals surface area contributed by atoms with E-state index in [9.17, 15) is 14.4 Å². The molecule has 7 nitrogen and oxygen atoms in total. The van der Waals surface area contributed by atoms with E-state index in [4.69, 9.17) is 9.47 Å². The van der Waals surface area contributed by atoms with Crippen LogP contribution < -0.4 is 11.2 Å². The zero-order valence-electron chi connectivity index (χ0n) is 11.9. The van der Waals surface area contributed by atoms with Gasteiger partial charge in [-0.3, -0.25) is 14.6 Å².